The van der Waals surface area contributed by atoms with Crippen LogP contribution in [0, 0.1) is 0 Å². The van der Waals surface area contributed by atoms with Crippen molar-refractivity contribution < 1.29 is 4.42 Å². The molecular weight excluding hydrogens is 294 g/mol. The molecule has 0 saturated heterocycles. The molecule has 2 aromatic heterocycles. The molecule has 3 rings (SSSR count). The summed E-state index contributed by atoms with van der Waals surface area (Å²) in [4.78, 5) is 8.19. The smallest absolute Gasteiger partial charge is 0.134 e. The molecule has 2 N–H and O–H groups in total. The van der Waals surface area contributed by atoms with Gasteiger partial charge >= 0.3 is 0 Å². The van der Waals surface area contributed by atoms with Crippen molar-refractivity contribution in [3.8, 4) is 0 Å². The van der Waals surface area contributed by atoms with Gasteiger partial charge in [-0.1, -0.05) is 15.9 Å². The monoisotopic (exact) mass is 303 g/mol. The molecule has 18 heavy (non-hydrogen) atoms. The van der Waals surface area contributed by atoms with Crippen molar-refractivity contribution in [3.05, 3.63) is 58.8 Å². The van der Waals surface area contributed by atoms with Crippen LogP contribution in [-0.4, -0.2) is 9.97 Å². The van der Waals surface area contributed by atoms with Crippen molar-refractivity contribution >= 4 is 26.9 Å². The van der Waals surface area contributed by atoms with Gasteiger partial charge in [0.05, 0.1) is 11.9 Å². The minimum absolute atomic E-state index is 0.398. The van der Waals surface area contributed by atoms with Crippen LogP contribution in [0.15, 0.2) is 51.7 Å². The Kier molecular flexibility index (Phi) is 2.85. The largest absolute Gasteiger partial charge is 0.459 e. The highest BCUT2D eigenvalue weighted by Crippen LogP contribution is 2.27. The number of rotatable bonds is 2. The van der Waals surface area contributed by atoms with E-state index in [1.54, 1.807) is 18.6 Å². The Hall–Kier alpha value is -1.72. The zero-order valence-electron chi connectivity index (χ0n) is 9.38. The molecular formula is C13H10BrN3O. The number of aromatic nitrogens is 2. The Morgan fingerprint density at radius 2 is 2.11 bits per heavy atom. The van der Waals surface area contributed by atoms with Gasteiger partial charge in [0.15, 0.2) is 0 Å². The van der Waals surface area contributed by atoms with E-state index in [9.17, 15) is 0 Å². The minimum atomic E-state index is -0.398. The van der Waals surface area contributed by atoms with Crippen molar-refractivity contribution in [3.63, 3.8) is 0 Å². The molecule has 3 aromatic rings. The summed E-state index contributed by atoms with van der Waals surface area (Å²) in [6.07, 6.45) is 4.88. The molecule has 2 heterocycles. The van der Waals surface area contributed by atoms with Gasteiger partial charge in [0, 0.05) is 22.3 Å². The number of fused-ring (bicyclic) bond motifs is 1. The van der Waals surface area contributed by atoms with Crippen molar-refractivity contribution in [2.24, 2.45) is 5.73 Å². The standard InChI is InChI=1S/C13H10BrN3O/c14-9-1-2-11-8(5-9)6-12(18-11)13(15)10-7-16-3-4-17-10/h1-7,13H,15H2. The maximum Gasteiger partial charge on any atom is 0.134 e. The van der Waals surface area contributed by atoms with E-state index < -0.39 is 6.04 Å². The summed E-state index contributed by atoms with van der Waals surface area (Å²) in [7, 11) is 0. The van der Waals surface area contributed by atoms with Gasteiger partial charge in [-0.15, -0.1) is 0 Å². The number of hydrogen-bond donors (Lipinski definition) is 1. The first-order chi connectivity index (χ1) is 8.74. The molecule has 1 unspecified atom stereocenters. The predicted octanol–water partition coefficient (Wildman–Crippen LogP) is 3.03. The maximum absolute atomic E-state index is 6.11. The van der Waals surface area contributed by atoms with Gasteiger partial charge in [-0.05, 0) is 24.3 Å². The molecule has 1 aromatic carbocycles. The fourth-order valence-corrected chi connectivity index (χ4v) is 2.18. The van der Waals surface area contributed by atoms with E-state index in [4.69, 9.17) is 10.2 Å². The van der Waals surface area contributed by atoms with Gasteiger partial charge in [-0.3, -0.25) is 9.97 Å². The molecule has 0 radical (unpaired) electrons. The normalized spacial score (nSPS) is 12.8. The summed E-state index contributed by atoms with van der Waals surface area (Å²) in [6.45, 7) is 0. The molecule has 0 aliphatic carbocycles. The zero-order chi connectivity index (χ0) is 12.5. The molecule has 0 amide bonds. The lowest BCUT2D eigenvalue weighted by molar-refractivity contribution is 0.520. The SMILES string of the molecule is NC(c1cnccn1)c1cc2cc(Br)ccc2o1. The number of nitrogens with zero attached hydrogens (tertiary/aromatic N) is 2. The van der Waals surface area contributed by atoms with Crippen molar-refractivity contribution in [2.45, 2.75) is 6.04 Å². The highest BCUT2D eigenvalue weighted by Gasteiger charge is 2.15. The summed E-state index contributed by atoms with van der Waals surface area (Å²) in [6, 6.07) is 7.37. The Bertz CT molecular complexity index is 681. The molecule has 4 nitrogen and oxygen atoms in total. The Balaban J connectivity index is 2.04. The number of furan rings is 1. The van der Waals surface area contributed by atoms with Crippen molar-refractivity contribution in [2.75, 3.05) is 0 Å². The van der Waals surface area contributed by atoms with Crippen LogP contribution in [0.5, 0.6) is 0 Å². The second-order valence-corrected chi connectivity index (χ2v) is 4.85. The second-order valence-electron chi connectivity index (χ2n) is 3.94. The molecule has 0 fully saturated rings. The van der Waals surface area contributed by atoms with Gasteiger partial charge in [-0.25, -0.2) is 0 Å². The summed E-state index contributed by atoms with van der Waals surface area (Å²) >= 11 is 3.43. The molecule has 0 spiro atoms. The van der Waals surface area contributed by atoms with Crippen LogP contribution in [0.2, 0.25) is 0 Å². The lowest BCUT2D eigenvalue weighted by Gasteiger charge is -2.06. The van der Waals surface area contributed by atoms with Gasteiger partial charge < -0.3 is 10.2 Å². The lowest BCUT2D eigenvalue weighted by Crippen LogP contribution is -2.12. The average molecular weight is 304 g/mol. The van der Waals surface area contributed by atoms with E-state index in [2.05, 4.69) is 25.9 Å². The fourth-order valence-electron chi connectivity index (χ4n) is 1.80. The van der Waals surface area contributed by atoms with Crippen LogP contribution in [0.3, 0.4) is 0 Å². The van der Waals surface area contributed by atoms with E-state index in [1.165, 1.54) is 0 Å². The molecule has 90 valence electrons. The maximum atomic E-state index is 6.11. The third-order valence-electron chi connectivity index (χ3n) is 2.71. The highest BCUT2D eigenvalue weighted by molar-refractivity contribution is 9.10. The predicted molar refractivity (Wildman–Crippen MR) is 72.0 cm³/mol. The molecule has 0 aliphatic heterocycles. The summed E-state index contributed by atoms with van der Waals surface area (Å²) < 4.78 is 6.74. The van der Waals surface area contributed by atoms with E-state index in [-0.39, 0.29) is 0 Å². The van der Waals surface area contributed by atoms with Crippen LogP contribution >= 0.6 is 15.9 Å². The molecule has 1 atom stereocenters. The average Bonchev–Trinajstić information content (AvgIpc) is 2.81. The number of benzene rings is 1. The molecule has 0 saturated carbocycles. The summed E-state index contributed by atoms with van der Waals surface area (Å²) in [5, 5.41) is 1.01. The third-order valence-corrected chi connectivity index (χ3v) is 3.20. The van der Waals surface area contributed by atoms with Crippen molar-refractivity contribution in [1.29, 1.82) is 0 Å². The van der Waals surface area contributed by atoms with Crippen molar-refractivity contribution in [1.82, 2.24) is 9.97 Å². The quantitative estimate of drug-likeness (QED) is 0.790. The van der Waals surface area contributed by atoms with Crippen LogP contribution in [0.25, 0.3) is 11.0 Å². The molecule has 5 heteroatoms. The van der Waals surface area contributed by atoms with E-state index >= 15 is 0 Å². The second kappa shape index (κ2) is 4.51. The Morgan fingerprint density at radius 3 is 2.89 bits per heavy atom. The molecule has 0 bridgehead atoms. The van der Waals surface area contributed by atoms with Gasteiger partial charge in [0.25, 0.3) is 0 Å². The van der Waals surface area contributed by atoms with Crippen LogP contribution < -0.4 is 5.73 Å². The Labute approximate surface area is 112 Å². The number of nitrogens with two attached hydrogens (primary N) is 1. The highest BCUT2D eigenvalue weighted by atomic mass is 79.9. The van der Waals surface area contributed by atoms with E-state index in [0.717, 1.165) is 15.4 Å². The van der Waals surface area contributed by atoms with E-state index in [0.29, 0.717) is 11.5 Å². The van der Waals surface area contributed by atoms with Crippen LogP contribution in [0.4, 0.5) is 0 Å². The van der Waals surface area contributed by atoms with Crippen LogP contribution in [0.1, 0.15) is 17.5 Å². The first-order valence-electron chi connectivity index (χ1n) is 5.44. The number of halogens is 1. The Morgan fingerprint density at radius 1 is 1.22 bits per heavy atom. The van der Waals surface area contributed by atoms with E-state index in [1.807, 2.05) is 24.3 Å². The zero-order valence-corrected chi connectivity index (χ0v) is 11.0. The summed E-state index contributed by atoms with van der Waals surface area (Å²) in [5.41, 5.74) is 7.61. The van der Waals surface area contributed by atoms with Gasteiger partial charge in [0.1, 0.15) is 17.4 Å². The topological polar surface area (TPSA) is 64.9 Å². The third kappa shape index (κ3) is 2.02. The van der Waals surface area contributed by atoms with Gasteiger partial charge in [0.2, 0.25) is 0 Å². The van der Waals surface area contributed by atoms with Crippen LogP contribution in [-0.2, 0) is 0 Å². The first kappa shape index (κ1) is 11.4. The lowest BCUT2D eigenvalue weighted by atomic mass is 10.1. The fraction of sp³-hybridized carbons (Fsp3) is 0.0769. The summed E-state index contributed by atoms with van der Waals surface area (Å²) in [5.74, 6) is 0.684. The number of hydrogen-bond acceptors (Lipinski definition) is 4. The van der Waals surface area contributed by atoms with Gasteiger partial charge in [-0.2, -0.15) is 0 Å². The first-order valence-corrected chi connectivity index (χ1v) is 6.24. The molecule has 0 aliphatic rings. The minimum Gasteiger partial charge on any atom is -0.459 e.